The Kier molecular flexibility index (Phi) is 26.2. The van der Waals surface area contributed by atoms with Gasteiger partial charge in [0.1, 0.15) is 55.9 Å². The van der Waals surface area contributed by atoms with Gasteiger partial charge in [0.05, 0.1) is 16.8 Å². The molecule has 2 saturated heterocycles. The smallest absolute Gasteiger partial charge is 0.335 e. The highest BCUT2D eigenvalue weighted by Gasteiger charge is 2.50. The van der Waals surface area contributed by atoms with Gasteiger partial charge in [-0.2, -0.15) is 0 Å². The van der Waals surface area contributed by atoms with Gasteiger partial charge in [-0.3, -0.25) is 0 Å². The topological polar surface area (TPSA) is 295 Å². The lowest BCUT2D eigenvalue weighted by Gasteiger charge is -2.44. The molecule has 0 aromatic rings. The Morgan fingerprint density at radius 1 is 0.634 bits per heavy atom. The number of aliphatic carboxylic acids is 1. The van der Waals surface area contributed by atoms with Crippen LogP contribution >= 0.6 is 0 Å². The van der Waals surface area contributed by atoms with E-state index in [1.165, 1.54) is 57.2 Å². The van der Waals surface area contributed by atoms with Crippen LogP contribution in [0.4, 0.5) is 0 Å². The molecule has 0 saturated carbocycles. The number of carboxylic acid groups (broad SMARTS) is 1. The fourth-order valence-electron chi connectivity index (χ4n) is 6.94. The Bertz CT molecular complexity index is 1940. The molecule has 19 heteroatoms. The number of allylic oxidation sites excluding steroid dienone is 6. The second kappa shape index (κ2) is 29.8. The Balaban J connectivity index is 2.18. The zero-order valence-electron chi connectivity index (χ0n) is 42.1. The third-order valence-corrected chi connectivity index (χ3v) is 12.1. The highest BCUT2D eigenvalue weighted by Crippen LogP contribution is 2.33. The first-order valence-corrected chi connectivity index (χ1v) is 23.8. The molecule has 0 bridgehead atoms. The number of aliphatic hydroxyl groups excluding tert-OH is 6. The lowest BCUT2D eigenvalue weighted by molar-refractivity contribution is -0.321. The Hall–Kier alpha value is -4.64. The van der Waals surface area contributed by atoms with Gasteiger partial charge in [0.2, 0.25) is 0 Å². The van der Waals surface area contributed by atoms with Gasteiger partial charge >= 0.3 is 23.9 Å². The SMILES string of the molecule is C=CC(C)(O)CC/C=C(\C)C(=O)O[C@@H]1[C@@H](O)[C@H](OC(C)(C=C)CC/C=C(\C)C(=O)O)O[C@H](COC(=O)/C(C)=C/CCC(C)(C=C)O[C@@H]2O[C@H](COC(=O)C(O)C/C=C/C=C/CCC)[C@@H](O)[C@H](O)[C@H]2O)[C@H]1O. The van der Waals surface area contributed by atoms with Crippen LogP contribution in [-0.2, 0) is 52.3 Å². The molecule has 0 aromatic heterocycles. The molecule has 400 valence electrons. The van der Waals surface area contributed by atoms with Crippen molar-refractivity contribution in [3.63, 3.8) is 0 Å². The average molecular weight is 1010 g/mol. The summed E-state index contributed by atoms with van der Waals surface area (Å²) in [5.41, 5.74) is -3.38. The van der Waals surface area contributed by atoms with Crippen LogP contribution in [0.15, 0.2) is 97.2 Å². The van der Waals surface area contributed by atoms with Gasteiger partial charge in [-0.1, -0.05) is 74.1 Å². The van der Waals surface area contributed by atoms with Crippen LogP contribution in [0.5, 0.6) is 0 Å². The Morgan fingerprint density at radius 2 is 1.13 bits per heavy atom. The first-order valence-electron chi connectivity index (χ1n) is 23.8. The molecule has 0 amide bonds. The molecule has 4 unspecified atom stereocenters. The number of hydrogen-bond donors (Lipinski definition) is 8. The second-order valence-electron chi connectivity index (χ2n) is 18.4. The minimum Gasteiger partial charge on any atom is -0.478 e. The summed E-state index contributed by atoms with van der Waals surface area (Å²) in [7, 11) is 0. The van der Waals surface area contributed by atoms with E-state index >= 15 is 0 Å². The van der Waals surface area contributed by atoms with Crippen molar-refractivity contribution >= 4 is 23.9 Å². The minimum absolute atomic E-state index is 0.0315. The van der Waals surface area contributed by atoms with Gasteiger partial charge in [-0.25, -0.2) is 19.2 Å². The maximum atomic E-state index is 13.3. The van der Waals surface area contributed by atoms with Crippen LogP contribution in [0.25, 0.3) is 0 Å². The molecule has 2 aliphatic rings. The lowest BCUT2D eigenvalue weighted by Crippen LogP contribution is -2.62. The molecule has 2 fully saturated rings. The number of aliphatic hydroxyl groups is 7. The molecule has 71 heavy (non-hydrogen) atoms. The summed E-state index contributed by atoms with van der Waals surface area (Å²) in [6.07, 6.45) is 0.985. The van der Waals surface area contributed by atoms with E-state index in [0.717, 1.165) is 12.8 Å². The van der Waals surface area contributed by atoms with Crippen molar-refractivity contribution in [2.24, 2.45) is 0 Å². The molecule has 0 aromatic carbocycles. The van der Waals surface area contributed by atoms with Crippen molar-refractivity contribution in [1.82, 2.24) is 0 Å². The number of carboxylic acids is 1. The zero-order valence-corrected chi connectivity index (χ0v) is 42.1. The second-order valence-corrected chi connectivity index (χ2v) is 18.4. The summed E-state index contributed by atoms with van der Waals surface area (Å²) in [5, 5.41) is 84.6. The van der Waals surface area contributed by atoms with E-state index in [4.69, 9.17) is 33.2 Å². The first kappa shape index (κ1) is 62.5. The fourth-order valence-corrected chi connectivity index (χ4v) is 6.94. The minimum atomic E-state index is -1.78. The molecule has 2 rings (SSSR count). The molecule has 19 nitrogen and oxygen atoms in total. The molecule has 0 aliphatic carbocycles. The fraction of sp³-hybridized carbons (Fsp3) is 0.615. The Labute approximate surface area is 417 Å². The van der Waals surface area contributed by atoms with E-state index in [0.29, 0.717) is 0 Å². The van der Waals surface area contributed by atoms with Gasteiger partial charge in [0, 0.05) is 23.1 Å². The van der Waals surface area contributed by atoms with E-state index in [2.05, 4.69) is 19.7 Å². The summed E-state index contributed by atoms with van der Waals surface area (Å²) in [6.45, 7) is 21.2. The quantitative estimate of drug-likeness (QED) is 0.0166. The standard InChI is InChI=1S/C52H78O19/c1-11-15-16-17-18-19-26-35(53)47(63)66-30-36-38(54)40(56)41(57)48(67-36)70-51(9,13-3)29-22-25-33(6)45(61)65-31-37-39(55)43(69-46(62)34(7)24-20-27-50(8,64)12-2)42(58)49(68-37)71-52(10,14-4)28-21-23-32(5)44(59)60/h12-14,16-19,23-25,35-43,48-49,53-58,64H,2-4,11,15,20-22,26-31H2,1,5-10H3,(H,59,60)/b17-16+,19-18+,32-23+,33-25+,34-24+/t35?,36-,37-,38-,39-,40+,41-,42-,43+,48+,49+,50?,51?,52?/m1/s1. The highest BCUT2D eigenvalue weighted by atomic mass is 16.7. The summed E-state index contributed by atoms with van der Waals surface area (Å²) in [6, 6.07) is 0. The van der Waals surface area contributed by atoms with Gasteiger partial charge in [-0.05, 0) is 86.5 Å². The van der Waals surface area contributed by atoms with Crippen LogP contribution in [-0.4, -0.2) is 162 Å². The van der Waals surface area contributed by atoms with Crippen LogP contribution in [0.3, 0.4) is 0 Å². The maximum absolute atomic E-state index is 13.3. The predicted molar refractivity (Wildman–Crippen MR) is 260 cm³/mol. The summed E-state index contributed by atoms with van der Waals surface area (Å²) in [5.74, 6) is -3.83. The number of ether oxygens (including phenoxy) is 7. The van der Waals surface area contributed by atoms with E-state index in [-0.39, 0.29) is 61.7 Å². The summed E-state index contributed by atoms with van der Waals surface area (Å²) >= 11 is 0. The van der Waals surface area contributed by atoms with Crippen molar-refractivity contribution < 1.29 is 93.2 Å². The van der Waals surface area contributed by atoms with Crippen LogP contribution < -0.4 is 0 Å². The van der Waals surface area contributed by atoms with Crippen molar-refractivity contribution in [3.05, 3.63) is 97.2 Å². The number of esters is 3. The lowest BCUT2D eigenvalue weighted by atomic mass is 9.96. The van der Waals surface area contributed by atoms with Gasteiger partial charge in [0.15, 0.2) is 24.8 Å². The van der Waals surface area contributed by atoms with Crippen molar-refractivity contribution in [2.75, 3.05) is 13.2 Å². The normalized spacial score (nSPS) is 28.5. The number of unbranched alkanes of at least 4 members (excludes halogenated alkanes) is 1. The first-order chi connectivity index (χ1) is 33.3. The van der Waals surface area contributed by atoms with Gasteiger partial charge in [-0.15, -0.1) is 19.7 Å². The van der Waals surface area contributed by atoms with E-state index in [1.54, 1.807) is 39.0 Å². The van der Waals surface area contributed by atoms with Crippen molar-refractivity contribution in [2.45, 2.75) is 191 Å². The zero-order chi connectivity index (χ0) is 53.7. The number of hydrogen-bond acceptors (Lipinski definition) is 18. The highest BCUT2D eigenvalue weighted by molar-refractivity contribution is 5.88. The molecular formula is C52H78O19. The van der Waals surface area contributed by atoms with Gasteiger partial charge < -0.3 is 74.0 Å². The molecular weight excluding hydrogens is 929 g/mol. The van der Waals surface area contributed by atoms with Crippen LogP contribution in [0.2, 0.25) is 0 Å². The maximum Gasteiger partial charge on any atom is 0.335 e. The van der Waals surface area contributed by atoms with Crippen molar-refractivity contribution in [1.29, 1.82) is 0 Å². The third kappa shape index (κ3) is 20.4. The van der Waals surface area contributed by atoms with E-state index in [1.807, 2.05) is 13.0 Å². The molecule has 2 heterocycles. The van der Waals surface area contributed by atoms with Crippen molar-refractivity contribution in [3.8, 4) is 0 Å². The van der Waals surface area contributed by atoms with E-state index < -0.39 is 121 Å². The van der Waals surface area contributed by atoms with Gasteiger partial charge in [0.25, 0.3) is 0 Å². The monoisotopic (exact) mass is 1010 g/mol. The predicted octanol–water partition coefficient (Wildman–Crippen LogP) is 4.03. The molecule has 2 aliphatic heterocycles. The molecule has 8 N–H and O–H groups in total. The number of rotatable bonds is 30. The summed E-state index contributed by atoms with van der Waals surface area (Å²) < 4.78 is 40.2. The Morgan fingerprint density at radius 3 is 1.66 bits per heavy atom. The summed E-state index contributed by atoms with van der Waals surface area (Å²) in [4.78, 5) is 50.4. The average Bonchev–Trinajstić information content (AvgIpc) is 3.33. The third-order valence-electron chi connectivity index (χ3n) is 12.1. The van der Waals surface area contributed by atoms with Crippen LogP contribution in [0, 0.1) is 0 Å². The number of carbonyl (C=O) groups is 4. The number of carbonyl (C=O) groups excluding carboxylic acids is 3. The van der Waals surface area contributed by atoms with E-state index in [9.17, 15) is 60.0 Å². The van der Waals surface area contributed by atoms with Crippen LogP contribution in [0.1, 0.15) is 106 Å². The molecule has 0 radical (unpaired) electrons. The molecule has 0 spiro atoms. The largest absolute Gasteiger partial charge is 0.478 e. The molecule has 14 atom stereocenters.